The highest BCUT2D eigenvalue weighted by atomic mass is 19.2. The fourth-order valence-electron chi connectivity index (χ4n) is 2.19. The normalized spacial score (nSPS) is 16.8. The van der Waals surface area contributed by atoms with Crippen molar-refractivity contribution < 1.29 is 22.9 Å². The maximum atomic E-state index is 13.0. The van der Waals surface area contributed by atoms with E-state index in [9.17, 15) is 18.4 Å². The van der Waals surface area contributed by atoms with Crippen LogP contribution in [0.5, 0.6) is 0 Å². The fraction of sp³-hybridized carbons (Fsp3) is 0.286. The number of hydrogen-bond donors (Lipinski definition) is 3. The summed E-state index contributed by atoms with van der Waals surface area (Å²) in [4.78, 5) is 26.9. The minimum atomic E-state index is -1.06. The molecule has 1 aromatic heterocycles. The number of urea groups is 1. The van der Waals surface area contributed by atoms with Crippen LogP contribution in [0.4, 0.5) is 19.3 Å². The summed E-state index contributed by atoms with van der Waals surface area (Å²) in [5.41, 5.74) is 0.105. The highest BCUT2D eigenvalue weighted by Crippen LogP contribution is 2.21. The summed E-state index contributed by atoms with van der Waals surface area (Å²) in [6.45, 7) is -0.0281. The van der Waals surface area contributed by atoms with Crippen molar-refractivity contribution in [2.45, 2.75) is 25.4 Å². The third kappa shape index (κ3) is 3.65. The molecule has 3 rings (SSSR count). The van der Waals surface area contributed by atoms with Gasteiger partial charge in [-0.25, -0.2) is 13.6 Å². The van der Waals surface area contributed by atoms with E-state index in [0.29, 0.717) is 12.8 Å². The quantitative estimate of drug-likeness (QED) is 0.785. The first-order chi connectivity index (χ1) is 11.5. The lowest BCUT2D eigenvalue weighted by molar-refractivity contribution is -0.119. The largest absolute Gasteiger partial charge is 0.344 e. The van der Waals surface area contributed by atoms with Crippen LogP contribution in [-0.4, -0.2) is 22.1 Å². The first-order valence-electron chi connectivity index (χ1n) is 7.13. The second kappa shape index (κ2) is 6.60. The molecule has 2 heterocycles. The molecule has 126 valence electrons. The van der Waals surface area contributed by atoms with E-state index in [4.69, 9.17) is 4.52 Å². The van der Waals surface area contributed by atoms with E-state index in [2.05, 4.69) is 26.1 Å². The molecule has 1 atom stereocenters. The van der Waals surface area contributed by atoms with Gasteiger partial charge in [-0.1, -0.05) is 5.16 Å². The number of nitrogens with zero attached hydrogens (tertiary/aromatic N) is 2. The third-order valence-corrected chi connectivity index (χ3v) is 3.36. The molecule has 0 bridgehead atoms. The Hall–Kier alpha value is -3.04. The van der Waals surface area contributed by atoms with Gasteiger partial charge in [-0.2, -0.15) is 4.98 Å². The molecule has 1 fully saturated rings. The van der Waals surface area contributed by atoms with Crippen LogP contribution in [0.1, 0.15) is 30.6 Å². The van der Waals surface area contributed by atoms with Crippen molar-refractivity contribution in [3.63, 3.8) is 0 Å². The summed E-state index contributed by atoms with van der Waals surface area (Å²) in [5, 5.41) is 11.2. The smallest absolute Gasteiger partial charge is 0.319 e. The van der Waals surface area contributed by atoms with Gasteiger partial charge in [0.1, 0.15) is 6.04 Å². The number of anilines is 1. The van der Waals surface area contributed by atoms with Crippen LogP contribution >= 0.6 is 0 Å². The minimum absolute atomic E-state index is 0.0281. The third-order valence-electron chi connectivity index (χ3n) is 3.36. The maximum absolute atomic E-state index is 13.0. The molecule has 0 aliphatic carbocycles. The number of nitrogens with one attached hydrogen (secondary N) is 3. The first-order valence-corrected chi connectivity index (χ1v) is 7.13. The summed E-state index contributed by atoms with van der Waals surface area (Å²) >= 11 is 0. The van der Waals surface area contributed by atoms with E-state index in [1.165, 1.54) is 6.07 Å². The van der Waals surface area contributed by atoms with E-state index < -0.39 is 17.7 Å². The van der Waals surface area contributed by atoms with Crippen molar-refractivity contribution in [2.24, 2.45) is 0 Å². The van der Waals surface area contributed by atoms with Gasteiger partial charge in [-0.05, 0) is 18.6 Å². The molecular formula is C14H13F2N5O3. The molecule has 2 aromatic rings. The van der Waals surface area contributed by atoms with Gasteiger partial charge in [0.2, 0.25) is 11.8 Å². The first kappa shape index (κ1) is 15.8. The molecule has 1 aliphatic rings. The number of halogens is 2. The number of rotatable bonds is 4. The van der Waals surface area contributed by atoms with Crippen LogP contribution in [0.25, 0.3) is 0 Å². The Kier molecular flexibility index (Phi) is 4.36. The Bertz CT molecular complexity index is 780. The van der Waals surface area contributed by atoms with Crippen molar-refractivity contribution >= 4 is 17.6 Å². The monoisotopic (exact) mass is 337 g/mol. The van der Waals surface area contributed by atoms with Gasteiger partial charge in [-0.3, -0.25) is 4.79 Å². The minimum Gasteiger partial charge on any atom is -0.344 e. The Balaban J connectivity index is 1.52. The Morgan fingerprint density at radius 1 is 1.38 bits per heavy atom. The predicted molar refractivity (Wildman–Crippen MR) is 76.6 cm³/mol. The van der Waals surface area contributed by atoms with E-state index >= 15 is 0 Å². The Labute approximate surface area is 134 Å². The van der Waals surface area contributed by atoms with Gasteiger partial charge in [0, 0.05) is 18.2 Å². The van der Waals surface area contributed by atoms with Gasteiger partial charge < -0.3 is 20.5 Å². The lowest BCUT2D eigenvalue weighted by Crippen LogP contribution is -2.28. The molecule has 24 heavy (non-hydrogen) atoms. The molecule has 1 aromatic carbocycles. The Morgan fingerprint density at radius 3 is 2.92 bits per heavy atom. The van der Waals surface area contributed by atoms with Crippen molar-refractivity contribution in [3.8, 4) is 0 Å². The van der Waals surface area contributed by atoms with Crippen molar-refractivity contribution in [1.29, 1.82) is 0 Å². The lowest BCUT2D eigenvalue weighted by Gasteiger charge is -2.06. The number of amides is 3. The second-order valence-corrected chi connectivity index (χ2v) is 5.14. The summed E-state index contributed by atoms with van der Waals surface area (Å²) in [7, 11) is 0. The van der Waals surface area contributed by atoms with Gasteiger partial charge in [0.15, 0.2) is 17.5 Å². The molecule has 0 radical (unpaired) electrons. The standard InChI is InChI=1S/C14H13F2N5O3/c15-8-2-1-7(5-9(8)16)18-14(23)17-6-11-20-13(24-21-11)10-3-4-12(22)19-10/h1-2,5,10H,3-4,6H2,(H,19,22)(H2,17,18,23)/t10-/m0/s1. The van der Waals surface area contributed by atoms with Crippen LogP contribution < -0.4 is 16.0 Å². The van der Waals surface area contributed by atoms with E-state index in [-0.39, 0.29) is 35.9 Å². The van der Waals surface area contributed by atoms with Crippen LogP contribution in [-0.2, 0) is 11.3 Å². The fourth-order valence-corrected chi connectivity index (χ4v) is 2.19. The highest BCUT2D eigenvalue weighted by Gasteiger charge is 2.27. The van der Waals surface area contributed by atoms with Crippen LogP contribution in [0.15, 0.2) is 22.7 Å². The van der Waals surface area contributed by atoms with Gasteiger partial charge >= 0.3 is 6.03 Å². The summed E-state index contributed by atoms with van der Waals surface area (Å²) in [6, 6.07) is 2.06. The summed E-state index contributed by atoms with van der Waals surface area (Å²) < 4.78 is 30.9. The molecule has 0 saturated carbocycles. The van der Waals surface area contributed by atoms with E-state index in [0.717, 1.165) is 12.1 Å². The average Bonchev–Trinajstić information content (AvgIpc) is 3.18. The molecule has 1 saturated heterocycles. The van der Waals surface area contributed by atoms with Gasteiger partial charge in [0.25, 0.3) is 0 Å². The van der Waals surface area contributed by atoms with Crippen molar-refractivity contribution in [3.05, 3.63) is 41.5 Å². The second-order valence-electron chi connectivity index (χ2n) is 5.14. The molecule has 8 nitrogen and oxygen atoms in total. The molecular weight excluding hydrogens is 324 g/mol. The highest BCUT2D eigenvalue weighted by molar-refractivity contribution is 5.89. The maximum Gasteiger partial charge on any atom is 0.319 e. The number of aromatic nitrogens is 2. The van der Waals surface area contributed by atoms with Crippen molar-refractivity contribution in [1.82, 2.24) is 20.8 Å². The summed E-state index contributed by atoms with van der Waals surface area (Å²) in [5.74, 6) is -1.64. The van der Waals surface area contributed by atoms with Gasteiger partial charge in [-0.15, -0.1) is 0 Å². The average molecular weight is 337 g/mol. The zero-order valence-electron chi connectivity index (χ0n) is 12.3. The zero-order valence-corrected chi connectivity index (χ0v) is 12.3. The van der Waals surface area contributed by atoms with Crippen molar-refractivity contribution in [2.75, 3.05) is 5.32 Å². The number of hydrogen-bond acceptors (Lipinski definition) is 5. The zero-order chi connectivity index (χ0) is 17.1. The predicted octanol–water partition coefficient (Wildman–Crippen LogP) is 1.62. The SMILES string of the molecule is O=C1CC[C@@H](c2nc(CNC(=O)Nc3ccc(F)c(F)c3)no2)N1. The van der Waals surface area contributed by atoms with Crippen LogP contribution in [0.2, 0.25) is 0 Å². The topological polar surface area (TPSA) is 109 Å². The van der Waals surface area contributed by atoms with Crippen LogP contribution in [0.3, 0.4) is 0 Å². The van der Waals surface area contributed by atoms with E-state index in [1.54, 1.807) is 0 Å². The molecule has 10 heteroatoms. The molecule has 0 spiro atoms. The van der Waals surface area contributed by atoms with Gasteiger partial charge in [0.05, 0.1) is 6.54 Å². The summed E-state index contributed by atoms with van der Waals surface area (Å²) in [6.07, 6.45) is 0.974. The lowest BCUT2D eigenvalue weighted by atomic mass is 10.2. The van der Waals surface area contributed by atoms with E-state index in [1.807, 2.05) is 0 Å². The molecule has 0 unspecified atom stereocenters. The molecule has 3 amide bonds. The molecule has 1 aliphatic heterocycles. The number of benzene rings is 1. The van der Waals surface area contributed by atoms with Crippen LogP contribution in [0, 0.1) is 11.6 Å². The Morgan fingerprint density at radius 2 is 2.21 bits per heavy atom. The molecule has 3 N–H and O–H groups in total. The number of carbonyl (C=O) groups is 2. The number of carbonyl (C=O) groups excluding carboxylic acids is 2.